The van der Waals surface area contributed by atoms with Crippen LogP contribution in [0, 0.1) is 18.3 Å². The number of nitrogens with zero attached hydrogens (tertiary/aromatic N) is 2. The van der Waals surface area contributed by atoms with Gasteiger partial charge in [0.1, 0.15) is 0 Å². The number of hydrogen-bond acceptors (Lipinski definition) is 3. The fraction of sp³-hybridized carbons (Fsp3) is 0.286. The van der Waals surface area contributed by atoms with Gasteiger partial charge in [0, 0.05) is 18.4 Å². The van der Waals surface area contributed by atoms with E-state index in [2.05, 4.69) is 21.7 Å². The molecule has 0 fully saturated rings. The Hall–Kier alpha value is -3.13. The summed E-state index contributed by atoms with van der Waals surface area (Å²) in [5, 5.41) is 14.9. The van der Waals surface area contributed by atoms with Crippen LogP contribution in [0.5, 0.6) is 0 Å². The molecule has 0 saturated heterocycles. The van der Waals surface area contributed by atoms with Crippen molar-refractivity contribution in [2.75, 3.05) is 12.4 Å². The highest BCUT2D eigenvalue weighted by atomic mass is 16.2. The van der Waals surface area contributed by atoms with Gasteiger partial charge in [-0.15, -0.1) is 0 Å². The third-order valence-corrected chi connectivity index (χ3v) is 4.38. The molecule has 5 heteroatoms. The second-order valence-electron chi connectivity index (χ2n) is 6.74. The lowest BCUT2D eigenvalue weighted by atomic mass is 9.92. The largest absolute Gasteiger partial charge is 0.329 e. The van der Waals surface area contributed by atoms with Gasteiger partial charge in [-0.1, -0.05) is 24.3 Å². The minimum atomic E-state index is -0.573. The van der Waals surface area contributed by atoms with Crippen molar-refractivity contribution in [2.45, 2.75) is 33.2 Å². The SMILES string of the molecule is C/N=C(\C)c1cccc(C(C)(C)NC(=O)Nc2ccc(C)c(C#N)c2)c1. The predicted octanol–water partition coefficient (Wildman–Crippen LogP) is 4.36. The lowest BCUT2D eigenvalue weighted by molar-refractivity contribution is 0.242. The number of carbonyl (C=O) groups excluding carboxylic acids is 1. The van der Waals surface area contributed by atoms with Gasteiger partial charge in [-0.2, -0.15) is 5.26 Å². The van der Waals surface area contributed by atoms with Crippen molar-refractivity contribution >= 4 is 17.4 Å². The molecule has 0 bridgehead atoms. The summed E-state index contributed by atoms with van der Waals surface area (Å²) in [6.45, 7) is 7.70. The van der Waals surface area contributed by atoms with Crippen LogP contribution in [0.2, 0.25) is 0 Å². The van der Waals surface area contributed by atoms with Crippen molar-refractivity contribution in [2.24, 2.45) is 4.99 Å². The van der Waals surface area contributed by atoms with Gasteiger partial charge < -0.3 is 10.6 Å². The zero-order chi connectivity index (χ0) is 19.3. The monoisotopic (exact) mass is 348 g/mol. The standard InChI is InChI=1S/C21H24N4O/c1-14-9-10-19(12-17(14)13-22)24-20(26)25-21(3,4)18-8-6-7-16(11-18)15(2)23-5/h6-12H,1-5H3,(H2,24,25,26)/b23-15+. The Morgan fingerprint density at radius 3 is 2.58 bits per heavy atom. The minimum Gasteiger partial charge on any atom is -0.329 e. The molecule has 0 aliphatic heterocycles. The Bertz CT molecular complexity index is 891. The normalized spacial score (nSPS) is 11.6. The number of anilines is 1. The second kappa shape index (κ2) is 7.83. The molecule has 2 aromatic carbocycles. The number of carbonyl (C=O) groups is 1. The van der Waals surface area contributed by atoms with E-state index in [4.69, 9.17) is 5.26 Å². The highest BCUT2D eigenvalue weighted by Gasteiger charge is 2.23. The molecule has 26 heavy (non-hydrogen) atoms. The van der Waals surface area contributed by atoms with Gasteiger partial charge in [0.2, 0.25) is 0 Å². The van der Waals surface area contributed by atoms with Gasteiger partial charge in [-0.25, -0.2) is 4.79 Å². The maximum absolute atomic E-state index is 12.4. The number of nitrogens with one attached hydrogen (secondary N) is 2. The van der Waals surface area contributed by atoms with Gasteiger partial charge in [0.05, 0.1) is 17.2 Å². The Kier molecular flexibility index (Phi) is 5.78. The van der Waals surface area contributed by atoms with E-state index in [1.165, 1.54) is 0 Å². The van der Waals surface area contributed by atoms with Crippen LogP contribution in [-0.2, 0) is 5.54 Å². The van der Waals surface area contributed by atoms with E-state index in [1.54, 1.807) is 19.2 Å². The van der Waals surface area contributed by atoms with E-state index in [9.17, 15) is 4.79 Å². The number of aryl methyl sites for hydroxylation is 1. The molecule has 0 atom stereocenters. The topological polar surface area (TPSA) is 77.3 Å². The van der Waals surface area contributed by atoms with Crippen LogP contribution in [0.25, 0.3) is 0 Å². The quantitative estimate of drug-likeness (QED) is 0.805. The molecular weight excluding hydrogens is 324 g/mol. The van der Waals surface area contributed by atoms with Crippen molar-refractivity contribution in [3.05, 3.63) is 64.7 Å². The minimum absolute atomic E-state index is 0.325. The number of aliphatic imine (C=N–C) groups is 1. The van der Waals surface area contributed by atoms with Crippen LogP contribution >= 0.6 is 0 Å². The summed E-state index contributed by atoms with van der Waals surface area (Å²) in [6, 6.07) is 15.0. The fourth-order valence-electron chi connectivity index (χ4n) is 2.60. The van der Waals surface area contributed by atoms with E-state index in [0.29, 0.717) is 11.3 Å². The van der Waals surface area contributed by atoms with Crippen molar-refractivity contribution in [3.63, 3.8) is 0 Å². The Balaban J connectivity index is 2.16. The van der Waals surface area contributed by atoms with Crippen molar-refractivity contribution < 1.29 is 4.79 Å². The van der Waals surface area contributed by atoms with E-state index in [1.807, 2.05) is 58.0 Å². The highest BCUT2D eigenvalue weighted by molar-refractivity contribution is 5.98. The van der Waals surface area contributed by atoms with Crippen LogP contribution in [0.4, 0.5) is 10.5 Å². The number of amides is 2. The number of rotatable bonds is 4. The highest BCUT2D eigenvalue weighted by Crippen LogP contribution is 2.22. The first-order valence-corrected chi connectivity index (χ1v) is 8.41. The molecule has 0 spiro atoms. The molecule has 0 heterocycles. The smallest absolute Gasteiger partial charge is 0.319 e. The summed E-state index contributed by atoms with van der Waals surface area (Å²) in [5.41, 5.74) is 4.38. The number of hydrogen-bond donors (Lipinski definition) is 2. The van der Waals surface area contributed by atoms with Crippen LogP contribution in [0.1, 0.15) is 43.0 Å². The van der Waals surface area contributed by atoms with E-state index in [0.717, 1.165) is 22.4 Å². The lowest BCUT2D eigenvalue weighted by Crippen LogP contribution is -2.43. The van der Waals surface area contributed by atoms with Crippen LogP contribution in [-0.4, -0.2) is 18.8 Å². The molecule has 0 radical (unpaired) electrons. The number of benzene rings is 2. The molecule has 0 aromatic heterocycles. The van der Waals surface area contributed by atoms with E-state index in [-0.39, 0.29) is 6.03 Å². The third-order valence-electron chi connectivity index (χ3n) is 4.38. The molecule has 134 valence electrons. The lowest BCUT2D eigenvalue weighted by Gasteiger charge is -2.27. The molecule has 2 rings (SSSR count). The average molecular weight is 348 g/mol. The van der Waals surface area contributed by atoms with Crippen molar-refractivity contribution in [1.82, 2.24) is 5.32 Å². The zero-order valence-electron chi connectivity index (χ0n) is 15.8. The predicted molar refractivity (Wildman–Crippen MR) is 106 cm³/mol. The summed E-state index contributed by atoms with van der Waals surface area (Å²) < 4.78 is 0. The Morgan fingerprint density at radius 1 is 1.19 bits per heavy atom. The van der Waals surface area contributed by atoms with Gasteiger partial charge in [-0.3, -0.25) is 4.99 Å². The summed E-state index contributed by atoms with van der Waals surface area (Å²) in [5.74, 6) is 0. The second-order valence-corrected chi connectivity index (χ2v) is 6.74. The van der Waals surface area contributed by atoms with Crippen LogP contribution < -0.4 is 10.6 Å². The van der Waals surface area contributed by atoms with Crippen molar-refractivity contribution in [3.8, 4) is 6.07 Å². The average Bonchev–Trinajstić information content (AvgIpc) is 2.62. The molecule has 0 unspecified atom stereocenters. The summed E-state index contributed by atoms with van der Waals surface area (Å²) in [4.78, 5) is 16.6. The van der Waals surface area contributed by atoms with Gasteiger partial charge in [0.25, 0.3) is 0 Å². The van der Waals surface area contributed by atoms with E-state index >= 15 is 0 Å². The Labute approximate surface area is 154 Å². The summed E-state index contributed by atoms with van der Waals surface area (Å²) in [6.07, 6.45) is 0. The third kappa shape index (κ3) is 4.48. The van der Waals surface area contributed by atoms with Gasteiger partial charge in [-0.05, 0) is 62.6 Å². The van der Waals surface area contributed by atoms with Crippen molar-refractivity contribution in [1.29, 1.82) is 5.26 Å². The first kappa shape index (κ1) is 19.2. The first-order chi connectivity index (χ1) is 12.3. The van der Waals surface area contributed by atoms with Crippen LogP contribution in [0.3, 0.4) is 0 Å². The number of urea groups is 1. The molecule has 0 saturated carbocycles. The maximum atomic E-state index is 12.4. The number of nitriles is 1. The van der Waals surface area contributed by atoms with Gasteiger partial charge in [0.15, 0.2) is 0 Å². The molecule has 2 amide bonds. The van der Waals surface area contributed by atoms with Crippen LogP contribution in [0.15, 0.2) is 47.5 Å². The maximum Gasteiger partial charge on any atom is 0.319 e. The fourth-order valence-corrected chi connectivity index (χ4v) is 2.60. The molecule has 0 aliphatic carbocycles. The summed E-state index contributed by atoms with van der Waals surface area (Å²) >= 11 is 0. The molecule has 2 N–H and O–H groups in total. The van der Waals surface area contributed by atoms with E-state index < -0.39 is 5.54 Å². The molecule has 0 aliphatic rings. The molecule has 2 aromatic rings. The Morgan fingerprint density at radius 2 is 1.92 bits per heavy atom. The van der Waals surface area contributed by atoms with Gasteiger partial charge >= 0.3 is 6.03 Å². The zero-order valence-corrected chi connectivity index (χ0v) is 15.8. The first-order valence-electron chi connectivity index (χ1n) is 8.41. The molecule has 5 nitrogen and oxygen atoms in total. The summed E-state index contributed by atoms with van der Waals surface area (Å²) in [7, 11) is 1.76. The molecular formula is C21H24N4O.